The second-order valence-corrected chi connectivity index (χ2v) is 4.60. The third kappa shape index (κ3) is 3.23. The Kier molecular flexibility index (Phi) is 4.84. The number of alkyl halides is 1. The summed E-state index contributed by atoms with van der Waals surface area (Å²) in [6.07, 6.45) is 5.75. The van der Waals surface area contributed by atoms with Gasteiger partial charge in [0.05, 0.1) is 5.51 Å². The zero-order valence-corrected chi connectivity index (χ0v) is 9.70. The molecule has 1 nitrogen and oxygen atoms in total. The summed E-state index contributed by atoms with van der Waals surface area (Å²) < 4.78 is 0. The van der Waals surface area contributed by atoms with Gasteiger partial charge in [0.25, 0.3) is 0 Å². The van der Waals surface area contributed by atoms with Crippen molar-refractivity contribution >= 4 is 27.3 Å². The zero-order valence-electron chi connectivity index (χ0n) is 7.29. The summed E-state index contributed by atoms with van der Waals surface area (Å²) in [6.45, 7) is 2.24. The number of nitrogens with zero attached hydrogens (tertiary/aromatic N) is 1. The first-order valence-corrected chi connectivity index (χ1v) is 6.30. The zero-order chi connectivity index (χ0) is 8.81. The lowest BCUT2D eigenvalue weighted by Gasteiger charge is -2.10. The fourth-order valence-electron chi connectivity index (χ4n) is 1.27. The molecule has 0 saturated carbocycles. The Morgan fingerprint density at radius 1 is 1.67 bits per heavy atom. The predicted molar refractivity (Wildman–Crippen MR) is 58.0 cm³/mol. The molecule has 0 aromatic carbocycles. The van der Waals surface area contributed by atoms with E-state index in [0.717, 1.165) is 11.2 Å². The second-order valence-electron chi connectivity index (χ2n) is 2.98. The van der Waals surface area contributed by atoms with E-state index in [1.54, 1.807) is 11.3 Å². The SMILES string of the molecule is CCCC(CBr)Cc1cncs1. The van der Waals surface area contributed by atoms with Gasteiger partial charge in [0.2, 0.25) is 0 Å². The van der Waals surface area contributed by atoms with E-state index in [-0.39, 0.29) is 0 Å². The van der Waals surface area contributed by atoms with Crippen molar-refractivity contribution in [3.8, 4) is 0 Å². The molecule has 0 aliphatic heterocycles. The van der Waals surface area contributed by atoms with Gasteiger partial charge < -0.3 is 0 Å². The van der Waals surface area contributed by atoms with Crippen LogP contribution in [0.1, 0.15) is 24.6 Å². The molecule has 0 aliphatic rings. The minimum atomic E-state index is 0.787. The summed E-state index contributed by atoms with van der Waals surface area (Å²) in [6, 6.07) is 0. The molecule has 1 aromatic heterocycles. The molecule has 68 valence electrons. The molecule has 0 fully saturated rings. The Morgan fingerprint density at radius 3 is 3.00 bits per heavy atom. The maximum absolute atomic E-state index is 4.07. The smallest absolute Gasteiger partial charge is 0.0794 e. The normalized spacial score (nSPS) is 13.2. The first kappa shape index (κ1) is 10.2. The monoisotopic (exact) mass is 247 g/mol. The summed E-state index contributed by atoms with van der Waals surface area (Å²) in [5.74, 6) is 0.787. The second kappa shape index (κ2) is 5.70. The molecule has 0 saturated heterocycles. The Labute approximate surface area is 86.3 Å². The highest BCUT2D eigenvalue weighted by molar-refractivity contribution is 9.09. The van der Waals surface area contributed by atoms with Crippen molar-refractivity contribution in [1.82, 2.24) is 4.98 Å². The average molecular weight is 248 g/mol. The van der Waals surface area contributed by atoms with Crippen molar-refractivity contribution in [2.24, 2.45) is 5.92 Å². The van der Waals surface area contributed by atoms with E-state index in [4.69, 9.17) is 0 Å². The number of aromatic nitrogens is 1. The Bertz CT molecular complexity index is 198. The van der Waals surface area contributed by atoms with Crippen molar-refractivity contribution in [2.45, 2.75) is 26.2 Å². The van der Waals surface area contributed by atoms with Crippen LogP contribution >= 0.6 is 27.3 Å². The number of hydrogen-bond donors (Lipinski definition) is 0. The highest BCUT2D eigenvalue weighted by atomic mass is 79.9. The van der Waals surface area contributed by atoms with Crippen LogP contribution in [0.5, 0.6) is 0 Å². The molecule has 3 heteroatoms. The Balaban J connectivity index is 2.37. The van der Waals surface area contributed by atoms with Crippen molar-refractivity contribution in [3.05, 3.63) is 16.6 Å². The van der Waals surface area contributed by atoms with Crippen molar-refractivity contribution in [2.75, 3.05) is 5.33 Å². The van der Waals surface area contributed by atoms with Gasteiger partial charge in [0, 0.05) is 16.4 Å². The lowest BCUT2D eigenvalue weighted by Crippen LogP contribution is -2.04. The predicted octanol–water partition coefficient (Wildman–Crippen LogP) is 3.50. The molecule has 1 atom stereocenters. The highest BCUT2D eigenvalue weighted by Gasteiger charge is 2.07. The van der Waals surface area contributed by atoms with Crippen LogP contribution in [-0.4, -0.2) is 10.3 Å². The summed E-state index contributed by atoms with van der Waals surface area (Å²) in [7, 11) is 0. The van der Waals surface area contributed by atoms with Gasteiger partial charge in [-0.3, -0.25) is 4.98 Å². The molecule has 1 unspecified atom stereocenters. The molecule has 1 heterocycles. The third-order valence-corrected chi connectivity index (χ3v) is 3.61. The van der Waals surface area contributed by atoms with Gasteiger partial charge in [-0.05, 0) is 18.8 Å². The highest BCUT2D eigenvalue weighted by Crippen LogP contribution is 2.18. The quantitative estimate of drug-likeness (QED) is 0.727. The van der Waals surface area contributed by atoms with Crippen molar-refractivity contribution in [3.63, 3.8) is 0 Å². The van der Waals surface area contributed by atoms with E-state index in [1.165, 1.54) is 24.1 Å². The van der Waals surface area contributed by atoms with Crippen molar-refractivity contribution < 1.29 is 0 Å². The van der Waals surface area contributed by atoms with Gasteiger partial charge in [-0.15, -0.1) is 11.3 Å². The van der Waals surface area contributed by atoms with Gasteiger partial charge in [-0.1, -0.05) is 29.3 Å². The number of rotatable bonds is 5. The van der Waals surface area contributed by atoms with Crippen LogP contribution < -0.4 is 0 Å². The van der Waals surface area contributed by atoms with Gasteiger partial charge in [0.15, 0.2) is 0 Å². The topological polar surface area (TPSA) is 12.9 Å². The first-order valence-electron chi connectivity index (χ1n) is 4.30. The lowest BCUT2D eigenvalue weighted by atomic mass is 10.0. The first-order chi connectivity index (χ1) is 5.86. The van der Waals surface area contributed by atoms with E-state index in [9.17, 15) is 0 Å². The molecule has 12 heavy (non-hydrogen) atoms. The summed E-state index contributed by atoms with van der Waals surface area (Å²) in [5, 5.41) is 1.11. The fraction of sp³-hybridized carbons (Fsp3) is 0.667. The Hall–Kier alpha value is 0.110. The van der Waals surface area contributed by atoms with Gasteiger partial charge in [-0.2, -0.15) is 0 Å². The fourth-order valence-corrected chi connectivity index (χ4v) is 2.53. The van der Waals surface area contributed by atoms with E-state index in [1.807, 2.05) is 11.7 Å². The van der Waals surface area contributed by atoms with Gasteiger partial charge >= 0.3 is 0 Å². The molecule has 0 bridgehead atoms. The van der Waals surface area contributed by atoms with Crippen molar-refractivity contribution in [1.29, 1.82) is 0 Å². The molecule has 0 N–H and O–H groups in total. The summed E-state index contributed by atoms with van der Waals surface area (Å²) in [4.78, 5) is 5.48. The van der Waals surface area contributed by atoms with E-state index in [0.29, 0.717) is 0 Å². The van der Waals surface area contributed by atoms with Gasteiger partial charge in [0.1, 0.15) is 0 Å². The molecule has 0 aliphatic carbocycles. The molecule has 0 spiro atoms. The largest absolute Gasteiger partial charge is 0.253 e. The van der Waals surface area contributed by atoms with Crippen LogP contribution in [0.15, 0.2) is 11.7 Å². The third-order valence-electron chi connectivity index (χ3n) is 1.89. The van der Waals surface area contributed by atoms with Gasteiger partial charge in [-0.25, -0.2) is 0 Å². The van der Waals surface area contributed by atoms with E-state index in [2.05, 4.69) is 27.8 Å². The van der Waals surface area contributed by atoms with Crippen LogP contribution in [0.25, 0.3) is 0 Å². The standard InChI is InChI=1S/C9H14BrNS/c1-2-3-8(5-10)4-9-6-11-7-12-9/h6-8H,2-5H2,1H3. The minimum absolute atomic E-state index is 0.787. The summed E-state index contributed by atoms with van der Waals surface area (Å²) >= 11 is 5.31. The number of thiazole rings is 1. The van der Waals surface area contributed by atoms with Crippen LogP contribution in [0.2, 0.25) is 0 Å². The molecule has 1 rings (SSSR count). The van der Waals surface area contributed by atoms with E-state index >= 15 is 0 Å². The maximum Gasteiger partial charge on any atom is 0.0794 e. The van der Waals surface area contributed by atoms with E-state index < -0.39 is 0 Å². The molecule has 1 aromatic rings. The number of halogens is 1. The van der Waals surface area contributed by atoms with Crippen LogP contribution in [0.4, 0.5) is 0 Å². The molecular formula is C9H14BrNS. The van der Waals surface area contributed by atoms with Crippen LogP contribution in [-0.2, 0) is 6.42 Å². The number of hydrogen-bond acceptors (Lipinski definition) is 2. The molecular weight excluding hydrogens is 234 g/mol. The minimum Gasteiger partial charge on any atom is -0.253 e. The Morgan fingerprint density at radius 2 is 2.50 bits per heavy atom. The maximum atomic E-state index is 4.07. The van der Waals surface area contributed by atoms with Crippen LogP contribution in [0, 0.1) is 5.92 Å². The van der Waals surface area contributed by atoms with Crippen LogP contribution in [0.3, 0.4) is 0 Å². The summed E-state index contributed by atoms with van der Waals surface area (Å²) in [5.41, 5.74) is 1.91. The molecule has 0 radical (unpaired) electrons. The average Bonchev–Trinajstić information content (AvgIpc) is 2.56. The lowest BCUT2D eigenvalue weighted by molar-refractivity contribution is 0.538. The molecule has 0 amide bonds.